The Morgan fingerprint density at radius 1 is 1.06 bits per heavy atom. The van der Waals surface area contributed by atoms with Crippen LogP contribution in [-0.4, -0.2) is 48.1 Å². The zero-order valence-corrected chi connectivity index (χ0v) is 20.8. The van der Waals surface area contributed by atoms with E-state index in [2.05, 4.69) is 24.1 Å². The number of amides is 1. The molecule has 1 aromatic carbocycles. The molecule has 0 saturated carbocycles. The Balaban J connectivity index is 1.97. The van der Waals surface area contributed by atoms with Gasteiger partial charge in [0, 0.05) is 29.9 Å². The topological polar surface area (TPSA) is 124 Å². The van der Waals surface area contributed by atoms with Gasteiger partial charge in [0.15, 0.2) is 0 Å². The van der Waals surface area contributed by atoms with Crippen LogP contribution in [0.3, 0.4) is 0 Å². The number of hydrogen-bond acceptors (Lipinski definition) is 6. The predicted octanol–water partition coefficient (Wildman–Crippen LogP) is 3.48. The summed E-state index contributed by atoms with van der Waals surface area (Å²) < 4.78 is 10.7. The van der Waals surface area contributed by atoms with Crippen LogP contribution in [0.4, 0.5) is 0 Å². The molecule has 2 aromatic rings. The minimum absolute atomic E-state index is 0.00323. The summed E-state index contributed by atoms with van der Waals surface area (Å²) in [6, 6.07) is 6.05. The zero-order valence-electron chi connectivity index (χ0n) is 20.8. The lowest BCUT2D eigenvalue weighted by Crippen LogP contribution is -2.44. The largest absolute Gasteiger partial charge is 0.464 e. The number of carbonyl (C=O) groups is 3. The first-order valence-corrected chi connectivity index (χ1v) is 12.1. The van der Waals surface area contributed by atoms with Crippen molar-refractivity contribution in [3.8, 4) is 0 Å². The van der Waals surface area contributed by atoms with Crippen molar-refractivity contribution in [3.05, 3.63) is 36.0 Å². The van der Waals surface area contributed by atoms with Gasteiger partial charge in [-0.15, -0.1) is 0 Å². The van der Waals surface area contributed by atoms with Crippen LogP contribution in [0.2, 0.25) is 0 Å². The number of esters is 2. The minimum Gasteiger partial charge on any atom is -0.464 e. The third kappa shape index (κ3) is 8.82. The number of hydrogen-bond donors (Lipinski definition) is 3. The van der Waals surface area contributed by atoms with Crippen LogP contribution in [0.1, 0.15) is 58.9 Å². The van der Waals surface area contributed by atoms with E-state index in [0.717, 1.165) is 29.3 Å². The average molecular weight is 474 g/mol. The summed E-state index contributed by atoms with van der Waals surface area (Å²) >= 11 is 0. The summed E-state index contributed by atoms with van der Waals surface area (Å²) in [6.07, 6.45) is 3.91. The molecule has 1 aromatic heterocycles. The van der Waals surface area contributed by atoms with E-state index in [9.17, 15) is 14.4 Å². The van der Waals surface area contributed by atoms with Crippen LogP contribution in [0.15, 0.2) is 30.5 Å². The van der Waals surface area contributed by atoms with E-state index >= 15 is 0 Å². The van der Waals surface area contributed by atoms with Crippen LogP contribution in [-0.2, 0) is 30.3 Å². The molecule has 1 amide bonds. The van der Waals surface area contributed by atoms with E-state index in [-0.39, 0.29) is 24.7 Å². The quantitative estimate of drug-likeness (QED) is 0.361. The molecule has 0 aliphatic carbocycles. The van der Waals surface area contributed by atoms with Crippen molar-refractivity contribution in [1.82, 2.24) is 10.3 Å². The Hall–Kier alpha value is -2.87. The lowest BCUT2D eigenvalue weighted by molar-refractivity contribution is -0.149. The summed E-state index contributed by atoms with van der Waals surface area (Å²) in [5, 5.41) is 3.77. The van der Waals surface area contributed by atoms with Crippen molar-refractivity contribution < 1.29 is 23.9 Å². The highest BCUT2D eigenvalue weighted by Crippen LogP contribution is 2.19. The molecule has 8 nitrogen and oxygen atoms in total. The standard InChI is InChI=1S/C26H39N3O5/c1-5-18(4)16-34-25(31)21(27)10-11-24(30)29-23(26(32)33-13-12-17(2)3)14-19-15-28-22-9-7-6-8-20(19)22/h6-9,15,17-18,21,23,28H,5,10-14,16,27H2,1-4H3,(H,29,30)/t18-,21-,23+/m1/s1. The van der Waals surface area contributed by atoms with Gasteiger partial charge in [0.25, 0.3) is 0 Å². The number of aromatic amines is 1. The van der Waals surface area contributed by atoms with Gasteiger partial charge in [0.05, 0.1) is 13.2 Å². The Bertz CT molecular complexity index is 939. The highest BCUT2D eigenvalue weighted by atomic mass is 16.5. The first-order chi connectivity index (χ1) is 16.2. The van der Waals surface area contributed by atoms with Gasteiger partial charge in [-0.05, 0) is 36.3 Å². The lowest BCUT2D eigenvalue weighted by Gasteiger charge is -2.19. The maximum absolute atomic E-state index is 12.8. The SMILES string of the molecule is CC[C@@H](C)COC(=O)[C@H](N)CCC(=O)N[C@@H](Cc1c[nH]c2ccccc12)C(=O)OCCC(C)C. The van der Waals surface area contributed by atoms with Gasteiger partial charge < -0.3 is 25.5 Å². The van der Waals surface area contributed by atoms with E-state index < -0.39 is 24.0 Å². The first kappa shape index (κ1) is 27.4. The molecule has 0 spiro atoms. The molecule has 0 fully saturated rings. The molecule has 1 heterocycles. The number of nitrogens with one attached hydrogen (secondary N) is 2. The number of aromatic nitrogens is 1. The van der Waals surface area contributed by atoms with E-state index in [4.69, 9.17) is 15.2 Å². The van der Waals surface area contributed by atoms with E-state index in [1.165, 1.54) is 0 Å². The second kappa shape index (κ2) is 13.7. The summed E-state index contributed by atoms with van der Waals surface area (Å²) in [5.74, 6) is -0.702. The Morgan fingerprint density at radius 2 is 1.79 bits per heavy atom. The number of nitrogens with two attached hydrogens (primary N) is 1. The van der Waals surface area contributed by atoms with Crippen molar-refractivity contribution in [3.63, 3.8) is 0 Å². The molecule has 0 aliphatic heterocycles. The van der Waals surface area contributed by atoms with Crippen molar-refractivity contribution in [2.45, 2.75) is 71.9 Å². The Labute approximate surface area is 201 Å². The highest BCUT2D eigenvalue weighted by molar-refractivity contribution is 5.87. The number of benzene rings is 1. The first-order valence-electron chi connectivity index (χ1n) is 12.1. The van der Waals surface area contributed by atoms with Gasteiger partial charge in [-0.25, -0.2) is 4.79 Å². The summed E-state index contributed by atoms with van der Waals surface area (Å²) in [5.41, 5.74) is 7.76. The van der Waals surface area contributed by atoms with Gasteiger partial charge in [-0.1, -0.05) is 52.3 Å². The second-order valence-corrected chi connectivity index (χ2v) is 9.32. The summed E-state index contributed by atoms with van der Waals surface area (Å²) in [4.78, 5) is 40.7. The third-order valence-electron chi connectivity index (χ3n) is 5.85. The van der Waals surface area contributed by atoms with E-state index in [0.29, 0.717) is 25.6 Å². The fourth-order valence-electron chi connectivity index (χ4n) is 3.33. The van der Waals surface area contributed by atoms with Crippen LogP contribution >= 0.6 is 0 Å². The normalized spacial score (nSPS) is 13.9. The molecule has 2 rings (SSSR count). The number of para-hydroxylation sites is 1. The molecule has 0 unspecified atom stereocenters. The molecule has 0 bridgehead atoms. The average Bonchev–Trinajstić information content (AvgIpc) is 3.22. The molecule has 188 valence electrons. The zero-order chi connectivity index (χ0) is 25.1. The molecule has 3 atom stereocenters. The molecule has 0 saturated heterocycles. The number of carbonyl (C=O) groups excluding carboxylic acids is 3. The number of fused-ring (bicyclic) bond motifs is 1. The summed E-state index contributed by atoms with van der Waals surface area (Å²) in [6.45, 7) is 8.71. The van der Waals surface area contributed by atoms with Crippen molar-refractivity contribution >= 4 is 28.7 Å². The van der Waals surface area contributed by atoms with Gasteiger partial charge >= 0.3 is 11.9 Å². The fourth-order valence-corrected chi connectivity index (χ4v) is 3.33. The lowest BCUT2D eigenvalue weighted by atomic mass is 10.0. The monoisotopic (exact) mass is 473 g/mol. The fraction of sp³-hybridized carbons (Fsp3) is 0.577. The maximum Gasteiger partial charge on any atom is 0.328 e. The van der Waals surface area contributed by atoms with Gasteiger partial charge in [0.2, 0.25) is 5.91 Å². The molecule has 34 heavy (non-hydrogen) atoms. The van der Waals surface area contributed by atoms with Gasteiger partial charge in [-0.3, -0.25) is 9.59 Å². The highest BCUT2D eigenvalue weighted by Gasteiger charge is 2.25. The Kier molecular flexibility index (Phi) is 11.1. The molecule has 0 radical (unpaired) electrons. The predicted molar refractivity (Wildman–Crippen MR) is 132 cm³/mol. The van der Waals surface area contributed by atoms with Crippen molar-refractivity contribution in [1.29, 1.82) is 0 Å². The summed E-state index contributed by atoms with van der Waals surface area (Å²) in [7, 11) is 0. The van der Waals surface area contributed by atoms with E-state index in [1.54, 1.807) is 0 Å². The van der Waals surface area contributed by atoms with Gasteiger partial charge in [0.1, 0.15) is 12.1 Å². The smallest absolute Gasteiger partial charge is 0.328 e. The molecule has 4 N–H and O–H groups in total. The van der Waals surface area contributed by atoms with E-state index in [1.807, 2.05) is 44.3 Å². The molecule has 0 aliphatic rings. The van der Waals surface area contributed by atoms with Crippen LogP contribution < -0.4 is 11.1 Å². The number of ether oxygens (including phenoxy) is 2. The number of H-pyrrole nitrogens is 1. The van der Waals surface area contributed by atoms with Crippen LogP contribution in [0, 0.1) is 11.8 Å². The van der Waals surface area contributed by atoms with Crippen molar-refractivity contribution in [2.75, 3.05) is 13.2 Å². The second-order valence-electron chi connectivity index (χ2n) is 9.32. The number of rotatable bonds is 14. The van der Waals surface area contributed by atoms with Crippen LogP contribution in [0.5, 0.6) is 0 Å². The Morgan fingerprint density at radius 3 is 2.50 bits per heavy atom. The maximum atomic E-state index is 12.8. The molecular formula is C26H39N3O5. The van der Waals surface area contributed by atoms with Gasteiger partial charge in [-0.2, -0.15) is 0 Å². The van der Waals surface area contributed by atoms with Crippen LogP contribution in [0.25, 0.3) is 10.9 Å². The molecular weight excluding hydrogens is 434 g/mol. The molecule has 8 heteroatoms. The van der Waals surface area contributed by atoms with Crippen molar-refractivity contribution in [2.24, 2.45) is 17.6 Å². The third-order valence-corrected chi connectivity index (χ3v) is 5.85. The minimum atomic E-state index is -0.889.